The molecule has 0 bridgehead atoms. The first kappa shape index (κ1) is 15.4. The lowest BCUT2D eigenvalue weighted by Gasteiger charge is -2.15. The van der Waals surface area contributed by atoms with Gasteiger partial charge >= 0.3 is 31.5 Å². The van der Waals surface area contributed by atoms with Gasteiger partial charge in [-0.1, -0.05) is 4.57 Å². The highest BCUT2D eigenvalue weighted by molar-refractivity contribution is 7.47. The van der Waals surface area contributed by atoms with Gasteiger partial charge in [-0.05, 0) is 0 Å². The van der Waals surface area contributed by atoms with Crippen LogP contribution >= 0.6 is 7.80 Å². The van der Waals surface area contributed by atoms with E-state index in [9.17, 15) is 48.5 Å². The molecule has 1 nitrogen and oxygen atoms in total. The van der Waals surface area contributed by atoms with Gasteiger partial charge in [0.05, 0.1) is 0 Å². The van der Waals surface area contributed by atoms with Gasteiger partial charge in [0.1, 0.15) is 0 Å². The normalized spacial score (nSPS) is 15.1. The largest absolute Gasteiger partial charge is 0.546 e. The van der Waals surface area contributed by atoms with Crippen LogP contribution in [0.4, 0.5) is 43.9 Å². The summed E-state index contributed by atoms with van der Waals surface area (Å²) in [4.78, 5) is 0. The van der Waals surface area contributed by atoms with Gasteiger partial charge in [0.25, 0.3) is 0 Å². The third kappa shape index (κ3) is 2.38. The van der Waals surface area contributed by atoms with E-state index in [-0.39, 0.29) is 0 Å². The summed E-state index contributed by atoms with van der Waals surface area (Å²) in [7, 11) is -6.21. The monoisotopic (exact) mass is 285 g/mol. The number of rotatable bonds is 2. The molecule has 0 spiro atoms. The Morgan fingerprint density at radius 2 is 0.750 bits per heavy atom. The lowest BCUT2D eigenvalue weighted by Crippen LogP contribution is -2.42. The maximum Gasteiger partial charge on any atom is 0.546 e. The Morgan fingerprint density at radius 3 is 0.875 bits per heavy atom. The maximum absolute atomic E-state index is 12.0. The van der Waals surface area contributed by atoms with Crippen LogP contribution in [0.25, 0.3) is 0 Å². The number of halogens is 10. The van der Waals surface area contributed by atoms with Crippen LogP contribution in [-0.2, 0) is 4.57 Å². The molecule has 0 saturated carbocycles. The van der Waals surface area contributed by atoms with E-state index < -0.39 is 31.5 Å². The lowest BCUT2D eigenvalue weighted by molar-refractivity contribution is -0.263. The molecule has 0 radical (unpaired) electrons. The highest BCUT2D eigenvalue weighted by Crippen LogP contribution is 2.64. The predicted octanol–water partition coefficient (Wildman–Crippen LogP) is 4.12. The fourth-order valence-electron chi connectivity index (χ4n) is 0.407. The number of hydrogen-bond donors (Lipinski definition) is 0. The Morgan fingerprint density at radius 1 is 0.562 bits per heavy atom. The molecule has 0 atom stereocenters. The van der Waals surface area contributed by atoms with E-state index in [2.05, 4.69) is 0 Å². The zero-order valence-electron chi connectivity index (χ0n) is 6.64. The van der Waals surface area contributed by atoms with Crippen molar-refractivity contribution in [2.45, 2.75) is 23.7 Å². The van der Waals surface area contributed by atoms with Crippen LogP contribution < -0.4 is 0 Å². The Bertz CT molecular complexity index is 258. The van der Waals surface area contributed by atoms with Crippen LogP contribution in [0.2, 0.25) is 0 Å². The molecule has 0 amide bonds. The Kier molecular flexibility index (Phi) is 3.57. The molecule has 0 saturated heterocycles. The van der Waals surface area contributed by atoms with Crippen LogP contribution in [0.15, 0.2) is 0 Å². The molecule has 0 rings (SSSR count). The van der Waals surface area contributed by atoms with E-state index in [1.165, 1.54) is 0 Å². The van der Waals surface area contributed by atoms with Crippen molar-refractivity contribution in [3.63, 3.8) is 0 Å². The average molecular weight is 285 g/mol. The van der Waals surface area contributed by atoms with Gasteiger partial charge in [0.15, 0.2) is 0 Å². The topological polar surface area (TPSA) is 17.1 Å². The van der Waals surface area contributed by atoms with Gasteiger partial charge in [0, 0.05) is 0 Å². The van der Waals surface area contributed by atoms with E-state index in [1.807, 2.05) is 0 Å². The predicted molar refractivity (Wildman–Crippen MR) is 29.6 cm³/mol. The molecule has 0 fully saturated rings. The van der Waals surface area contributed by atoms with Crippen molar-refractivity contribution in [1.29, 1.82) is 0 Å². The SMILES string of the molecule is O=[P+](C(F)(F)C(F)(F)F)C(F)(F)C(F)(F)F. The highest BCUT2D eigenvalue weighted by atomic mass is 31.1. The summed E-state index contributed by atoms with van der Waals surface area (Å²) in [6.07, 6.45) is -13.5. The fourth-order valence-corrected chi connectivity index (χ4v) is 1.22. The minimum absolute atomic E-state index is 6.21. The van der Waals surface area contributed by atoms with Crippen molar-refractivity contribution in [2.75, 3.05) is 0 Å². The van der Waals surface area contributed by atoms with Crippen LogP contribution in [0.1, 0.15) is 0 Å². The van der Waals surface area contributed by atoms with E-state index in [0.29, 0.717) is 0 Å². The molecule has 0 aromatic heterocycles. The first-order chi connectivity index (χ1) is 6.65. The lowest BCUT2D eigenvalue weighted by atomic mass is 10.7. The molecular weight excluding hydrogens is 285 g/mol. The quantitative estimate of drug-likeness (QED) is 0.551. The Labute approximate surface area is 81.2 Å². The molecule has 0 aromatic rings. The van der Waals surface area contributed by atoms with E-state index in [4.69, 9.17) is 0 Å². The molecule has 0 N–H and O–H groups in total. The minimum Gasteiger partial charge on any atom is -0.161 e. The van der Waals surface area contributed by atoms with Gasteiger partial charge in [0.2, 0.25) is 0 Å². The maximum atomic E-state index is 12.0. The van der Waals surface area contributed by atoms with Gasteiger partial charge < -0.3 is 0 Å². The standard InChI is InChI=1S/C4F10OP/c5-1(6,7)3(11,12)16(15)4(13,14)2(8,9)10/q+1. The smallest absolute Gasteiger partial charge is 0.161 e. The van der Waals surface area contributed by atoms with Gasteiger partial charge in [-0.2, -0.15) is 26.3 Å². The Balaban J connectivity index is 5.40. The van der Waals surface area contributed by atoms with Crippen molar-refractivity contribution >= 4 is 7.80 Å². The summed E-state index contributed by atoms with van der Waals surface area (Å²) in [5, 5.41) is 0. The van der Waals surface area contributed by atoms with Crippen molar-refractivity contribution in [1.82, 2.24) is 0 Å². The highest BCUT2D eigenvalue weighted by Gasteiger charge is 2.87. The van der Waals surface area contributed by atoms with E-state index >= 15 is 0 Å². The molecule has 0 unspecified atom stereocenters. The minimum atomic E-state index is -6.75. The summed E-state index contributed by atoms with van der Waals surface area (Å²) >= 11 is 0. The number of alkyl halides is 10. The van der Waals surface area contributed by atoms with Gasteiger partial charge in [-0.15, -0.1) is 17.6 Å². The fraction of sp³-hybridized carbons (Fsp3) is 1.00. The van der Waals surface area contributed by atoms with Crippen LogP contribution in [-0.4, -0.2) is 23.7 Å². The molecule has 12 heteroatoms. The van der Waals surface area contributed by atoms with Gasteiger partial charge in [-0.3, -0.25) is 0 Å². The van der Waals surface area contributed by atoms with Crippen molar-refractivity contribution in [2.24, 2.45) is 0 Å². The van der Waals surface area contributed by atoms with Crippen molar-refractivity contribution in [3.05, 3.63) is 0 Å². The second kappa shape index (κ2) is 3.71. The third-order valence-electron chi connectivity index (χ3n) is 1.19. The molecular formula is C4F10OP+. The molecule has 0 aliphatic carbocycles. The molecule has 0 heterocycles. The zero-order valence-corrected chi connectivity index (χ0v) is 7.53. The van der Waals surface area contributed by atoms with E-state index in [1.54, 1.807) is 0 Å². The zero-order chi connectivity index (χ0) is 13.6. The summed E-state index contributed by atoms with van der Waals surface area (Å²) in [6, 6.07) is 0. The Hall–Kier alpha value is -0.600. The van der Waals surface area contributed by atoms with Crippen LogP contribution in [0.5, 0.6) is 0 Å². The summed E-state index contributed by atoms with van der Waals surface area (Å²) in [5.74, 6) is 0. The second-order valence-corrected chi connectivity index (χ2v) is 4.08. The first-order valence-corrected chi connectivity index (χ1v) is 4.28. The summed E-state index contributed by atoms with van der Waals surface area (Å²) in [5.41, 5.74) is -13.2. The summed E-state index contributed by atoms with van der Waals surface area (Å²) < 4.78 is 126. The average Bonchev–Trinajstić information content (AvgIpc) is 1.98. The van der Waals surface area contributed by atoms with Crippen LogP contribution in [0, 0.1) is 0 Å². The molecule has 0 aromatic carbocycles. The molecule has 16 heavy (non-hydrogen) atoms. The molecule has 0 aliphatic heterocycles. The third-order valence-corrected chi connectivity index (χ3v) is 2.72. The van der Waals surface area contributed by atoms with E-state index in [0.717, 1.165) is 0 Å². The van der Waals surface area contributed by atoms with Crippen molar-refractivity contribution in [3.8, 4) is 0 Å². The molecule has 96 valence electrons. The van der Waals surface area contributed by atoms with Crippen molar-refractivity contribution < 1.29 is 48.5 Å². The number of hydrogen-bond acceptors (Lipinski definition) is 1. The summed E-state index contributed by atoms with van der Waals surface area (Å²) in [6.45, 7) is 0. The van der Waals surface area contributed by atoms with Crippen LogP contribution in [0.3, 0.4) is 0 Å². The second-order valence-electron chi connectivity index (χ2n) is 2.37. The molecule has 0 aliphatic rings. The van der Waals surface area contributed by atoms with Gasteiger partial charge in [-0.25, -0.2) is 0 Å². The first-order valence-electron chi connectivity index (χ1n) is 3.02.